The summed E-state index contributed by atoms with van der Waals surface area (Å²) < 4.78 is 4.76. The largest absolute Gasteiger partial charge is 0.469 e. The van der Waals surface area contributed by atoms with E-state index in [-0.39, 0.29) is 12.1 Å². The van der Waals surface area contributed by atoms with Crippen molar-refractivity contribution in [2.75, 3.05) is 26.7 Å². The number of rotatable bonds is 3. The fourth-order valence-corrected chi connectivity index (χ4v) is 1.98. The van der Waals surface area contributed by atoms with Gasteiger partial charge in [-0.05, 0) is 26.7 Å². The minimum Gasteiger partial charge on any atom is -0.469 e. The highest BCUT2D eigenvalue weighted by Crippen LogP contribution is 2.21. The van der Waals surface area contributed by atoms with Gasteiger partial charge >= 0.3 is 5.97 Å². The summed E-state index contributed by atoms with van der Waals surface area (Å²) in [5.74, 6) is -0.173. The van der Waals surface area contributed by atoms with Crippen molar-refractivity contribution in [3.8, 4) is 0 Å². The van der Waals surface area contributed by atoms with Crippen molar-refractivity contribution < 1.29 is 14.6 Å². The Labute approximate surface area is 91.2 Å². The van der Waals surface area contributed by atoms with Gasteiger partial charge < -0.3 is 14.7 Å². The van der Waals surface area contributed by atoms with E-state index in [1.165, 1.54) is 7.11 Å². The van der Waals surface area contributed by atoms with E-state index in [0.717, 1.165) is 25.9 Å². The first-order chi connectivity index (χ1) is 6.95. The molecule has 0 aromatic rings. The third-order valence-corrected chi connectivity index (χ3v) is 2.91. The van der Waals surface area contributed by atoms with Crippen LogP contribution in [0.15, 0.2) is 0 Å². The molecule has 1 aliphatic heterocycles. The number of esters is 1. The summed E-state index contributed by atoms with van der Waals surface area (Å²) in [6.07, 6.45) is 1.44. The highest BCUT2D eigenvalue weighted by atomic mass is 16.5. The number of ether oxygens (including phenoxy) is 1. The lowest BCUT2D eigenvalue weighted by Gasteiger charge is -2.34. The van der Waals surface area contributed by atoms with Gasteiger partial charge in [-0.15, -0.1) is 0 Å². The van der Waals surface area contributed by atoms with Crippen molar-refractivity contribution in [2.45, 2.75) is 32.8 Å². The van der Waals surface area contributed by atoms with Gasteiger partial charge in [0.25, 0.3) is 0 Å². The number of methoxy groups -OCH3 is 1. The number of aliphatic hydroxyl groups excluding tert-OH is 1. The van der Waals surface area contributed by atoms with E-state index in [9.17, 15) is 9.90 Å². The maximum absolute atomic E-state index is 11.5. The van der Waals surface area contributed by atoms with Crippen LogP contribution in [-0.4, -0.2) is 48.8 Å². The molecule has 1 N–H and O–H groups in total. The molecule has 0 aliphatic carbocycles. The zero-order valence-corrected chi connectivity index (χ0v) is 9.82. The highest BCUT2D eigenvalue weighted by Gasteiger charge is 2.32. The van der Waals surface area contributed by atoms with E-state index < -0.39 is 5.41 Å². The number of nitrogens with zero attached hydrogens (tertiary/aromatic N) is 1. The van der Waals surface area contributed by atoms with Crippen LogP contribution in [0.1, 0.15) is 26.7 Å². The maximum Gasteiger partial charge on any atom is 0.312 e. The summed E-state index contributed by atoms with van der Waals surface area (Å²) in [6, 6.07) is 0. The Morgan fingerprint density at radius 2 is 2.00 bits per heavy atom. The van der Waals surface area contributed by atoms with Crippen LogP contribution in [0.5, 0.6) is 0 Å². The van der Waals surface area contributed by atoms with Crippen LogP contribution in [0.4, 0.5) is 0 Å². The van der Waals surface area contributed by atoms with E-state index in [1.807, 2.05) is 13.8 Å². The fourth-order valence-electron chi connectivity index (χ4n) is 1.98. The Hall–Kier alpha value is -0.610. The molecule has 0 radical (unpaired) electrons. The molecule has 0 aromatic carbocycles. The van der Waals surface area contributed by atoms with Gasteiger partial charge in [0.1, 0.15) is 0 Å². The van der Waals surface area contributed by atoms with Crippen LogP contribution < -0.4 is 0 Å². The van der Waals surface area contributed by atoms with Crippen molar-refractivity contribution in [1.82, 2.24) is 4.90 Å². The Balaban J connectivity index is 2.43. The lowest BCUT2D eigenvalue weighted by atomic mass is 9.92. The summed E-state index contributed by atoms with van der Waals surface area (Å²) >= 11 is 0. The monoisotopic (exact) mass is 215 g/mol. The predicted octanol–water partition coefficient (Wildman–Crippen LogP) is 0.642. The number of carbonyl (C=O) groups is 1. The van der Waals surface area contributed by atoms with Crippen molar-refractivity contribution in [1.29, 1.82) is 0 Å². The van der Waals surface area contributed by atoms with Gasteiger partial charge in [-0.2, -0.15) is 0 Å². The Bertz CT molecular complexity index is 220. The number of likely N-dealkylation sites (tertiary alicyclic amines) is 1. The minimum absolute atomic E-state index is 0.164. The van der Waals surface area contributed by atoms with Gasteiger partial charge in [0.2, 0.25) is 0 Å². The van der Waals surface area contributed by atoms with Crippen LogP contribution in [-0.2, 0) is 9.53 Å². The molecule has 15 heavy (non-hydrogen) atoms. The molecule has 1 heterocycles. The topological polar surface area (TPSA) is 49.8 Å². The lowest BCUT2D eigenvalue weighted by molar-refractivity contribution is -0.152. The van der Waals surface area contributed by atoms with Crippen molar-refractivity contribution in [3.05, 3.63) is 0 Å². The molecular weight excluding hydrogens is 194 g/mol. The van der Waals surface area contributed by atoms with E-state index in [1.54, 1.807) is 0 Å². The molecule has 1 rings (SSSR count). The van der Waals surface area contributed by atoms with Crippen molar-refractivity contribution in [3.63, 3.8) is 0 Å². The second-order valence-electron chi connectivity index (χ2n) is 4.88. The van der Waals surface area contributed by atoms with E-state index in [4.69, 9.17) is 4.74 Å². The second-order valence-corrected chi connectivity index (χ2v) is 4.88. The van der Waals surface area contributed by atoms with Gasteiger partial charge in [0.15, 0.2) is 0 Å². The molecule has 1 fully saturated rings. The van der Waals surface area contributed by atoms with Crippen LogP contribution in [0.25, 0.3) is 0 Å². The van der Waals surface area contributed by atoms with Crippen LogP contribution in [0.3, 0.4) is 0 Å². The van der Waals surface area contributed by atoms with Crippen molar-refractivity contribution >= 4 is 5.97 Å². The van der Waals surface area contributed by atoms with Crippen molar-refractivity contribution in [2.24, 2.45) is 5.41 Å². The summed E-state index contributed by atoms with van der Waals surface area (Å²) in [5, 5.41) is 9.36. The van der Waals surface area contributed by atoms with Gasteiger partial charge in [0, 0.05) is 19.6 Å². The van der Waals surface area contributed by atoms with Gasteiger partial charge in [-0.3, -0.25) is 4.79 Å². The molecular formula is C11H21NO3. The highest BCUT2D eigenvalue weighted by molar-refractivity contribution is 5.76. The molecule has 4 heteroatoms. The molecule has 4 nitrogen and oxygen atoms in total. The van der Waals surface area contributed by atoms with E-state index in [2.05, 4.69) is 4.90 Å². The average Bonchev–Trinajstić information content (AvgIpc) is 2.20. The first-order valence-electron chi connectivity index (χ1n) is 5.44. The van der Waals surface area contributed by atoms with Gasteiger partial charge in [-0.25, -0.2) is 0 Å². The molecule has 0 bridgehead atoms. The lowest BCUT2D eigenvalue weighted by Crippen LogP contribution is -2.44. The van der Waals surface area contributed by atoms with Gasteiger partial charge in [0.05, 0.1) is 18.6 Å². The minimum atomic E-state index is -0.461. The predicted molar refractivity (Wildman–Crippen MR) is 57.5 cm³/mol. The molecule has 0 atom stereocenters. The summed E-state index contributed by atoms with van der Waals surface area (Å²) in [5.41, 5.74) is -0.461. The molecule has 1 saturated heterocycles. The van der Waals surface area contributed by atoms with E-state index >= 15 is 0 Å². The Morgan fingerprint density at radius 1 is 1.47 bits per heavy atom. The molecule has 0 amide bonds. The number of hydrogen-bond acceptors (Lipinski definition) is 4. The zero-order chi connectivity index (χ0) is 11.5. The van der Waals surface area contributed by atoms with Gasteiger partial charge in [-0.1, -0.05) is 0 Å². The summed E-state index contributed by atoms with van der Waals surface area (Å²) in [7, 11) is 1.42. The summed E-state index contributed by atoms with van der Waals surface area (Å²) in [6.45, 7) is 6.21. The normalized spacial score (nSPS) is 20.3. The second kappa shape index (κ2) is 4.94. The summed E-state index contributed by atoms with van der Waals surface area (Å²) in [4.78, 5) is 13.7. The molecule has 0 aromatic heterocycles. The Morgan fingerprint density at radius 3 is 2.47 bits per heavy atom. The quantitative estimate of drug-likeness (QED) is 0.702. The number of aliphatic hydroxyl groups is 1. The third-order valence-electron chi connectivity index (χ3n) is 2.91. The number of hydrogen-bond donors (Lipinski definition) is 1. The number of piperidine rings is 1. The fraction of sp³-hybridized carbons (Fsp3) is 0.909. The first kappa shape index (κ1) is 12.5. The average molecular weight is 215 g/mol. The van der Waals surface area contributed by atoms with E-state index in [0.29, 0.717) is 6.54 Å². The standard InChI is InChI=1S/C11H21NO3/c1-11(2,10(14)15-3)8-12-6-4-9(13)5-7-12/h9,13H,4-8H2,1-3H3. The SMILES string of the molecule is COC(=O)C(C)(C)CN1CCC(O)CC1. The molecule has 1 aliphatic rings. The third kappa shape index (κ3) is 3.47. The molecule has 0 spiro atoms. The zero-order valence-electron chi connectivity index (χ0n) is 9.82. The van der Waals surface area contributed by atoms with Crippen LogP contribution in [0, 0.1) is 5.41 Å². The van der Waals surface area contributed by atoms with Crippen LogP contribution >= 0.6 is 0 Å². The maximum atomic E-state index is 11.5. The molecule has 0 saturated carbocycles. The first-order valence-corrected chi connectivity index (χ1v) is 5.44. The Kier molecular flexibility index (Phi) is 4.11. The molecule has 0 unspecified atom stereocenters. The smallest absolute Gasteiger partial charge is 0.312 e. The molecule has 88 valence electrons. The number of carbonyl (C=O) groups excluding carboxylic acids is 1. The van der Waals surface area contributed by atoms with Crippen LogP contribution in [0.2, 0.25) is 0 Å².